The van der Waals surface area contributed by atoms with Gasteiger partial charge >= 0.3 is 0 Å². The maximum absolute atomic E-state index is 12.2. The second kappa shape index (κ2) is 5.38. The molecule has 0 amide bonds. The van der Waals surface area contributed by atoms with Gasteiger partial charge in [-0.3, -0.25) is 4.21 Å². The summed E-state index contributed by atoms with van der Waals surface area (Å²) in [7, 11) is -0.788. The minimum absolute atomic E-state index is 0.0392. The Kier molecular flexibility index (Phi) is 4.32. The van der Waals surface area contributed by atoms with Gasteiger partial charge in [0.15, 0.2) is 0 Å². The van der Waals surface area contributed by atoms with Crippen molar-refractivity contribution in [3.05, 3.63) is 0 Å². The number of nitrogens with two attached hydrogens (primary N) is 1. The monoisotopic (exact) mass is 263 g/mol. The van der Waals surface area contributed by atoms with Crippen LogP contribution in [0.3, 0.4) is 0 Å². The zero-order chi connectivity index (χ0) is 11.6. The lowest BCUT2D eigenvalue weighted by atomic mass is 9.93. The van der Waals surface area contributed by atoms with Crippen LogP contribution in [0.1, 0.15) is 26.2 Å². The normalized spacial score (nSPS) is 38.8. The predicted octanol–water partition coefficient (Wildman–Crippen LogP) is 1.14. The molecule has 94 valence electrons. The van der Waals surface area contributed by atoms with Gasteiger partial charge in [0.05, 0.1) is 5.60 Å². The van der Waals surface area contributed by atoms with Crippen molar-refractivity contribution in [2.75, 3.05) is 24.7 Å². The Balaban J connectivity index is 1.98. The highest BCUT2D eigenvalue weighted by Crippen LogP contribution is 2.39. The van der Waals surface area contributed by atoms with Crippen molar-refractivity contribution in [1.29, 1.82) is 0 Å². The van der Waals surface area contributed by atoms with Crippen LogP contribution in [0.5, 0.6) is 0 Å². The standard InChI is InChI=1S/C11H21NO2S2/c1-9(7-12)16(13)10-2-4-14-11(6-10)3-5-15-8-11/h9-10H,2-8,12H2,1H3. The summed E-state index contributed by atoms with van der Waals surface area (Å²) in [5.74, 6) is 2.27. The molecule has 1 spiro atoms. The zero-order valence-corrected chi connectivity index (χ0v) is 11.4. The molecule has 0 aromatic heterocycles. The third kappa shape index (κ3) is 2.63. The zero-order valence-electron chi connectivity index (χ0n) is 9.81. The third-order valence-corrected chi connectivity index (χ3v) is 6.84. The van der Waals surface area contributed by atoms with Gasteiger partial charge in [-0.1, -0.05) is 0 Å². The van der Waals surface area contributed by atoms with E-state index in [1.54, 1.807) is 0 Å². The van der Waals surface area contributed by atoms with Crippen molar-refractivity contribution in [2.24, 2.45) is 5.73 Å². The highest BCUT2D eigenvalue weighted by molar-refractivity contribution is 7.99. The van der Waals surface area contributed by atoms with E-state index in [0.717, 1.165) is 31.6 Å². The molecule has 4 unspecified atom stereocenters. The van der Waals surface area contributed by atoms with Gasteiger partial charge in [-0.25, -0.2) is 0 Å². The molecular weight excluding hydrogens is 242 g/mol. The van der Waals surface area contributed by atoms with E-state index in [0.29, 0.717) is 11.8 Å². The fourth-order valence-corrected chi connectivity index (χ4v) is 5.49. The molecule has 2 heterocycles. The highest BCUT2D eigenvalue weighted by atomic mass is 32.2. The third-order valence-electron chi connectivity index (χ3n) is 3.57. The first-order valence-electron chi connectivity index (χ1n) is 5.98. The molecule has 3 nitrogen and oxygen atoms in total. The number of hydrogen-bond donors (Lipinski definition) is 1. The van der Waals surface area contributed by atoms with Crippen molar-refractivity contribution in [2.45, 2.75) is 42.3 Å². The molecule has 2 aliphatic heterocycles. The van der Waals surface area contributed by atoms with Gasteiger partial charge in [-0.05, 0) is 31.9 Å². The number of ether oxygens (including phenoxy) is 1. The number of thioether (sulfide) groups is 1. The van der Waals surface area contributed by atoms with E-state index in [-0.39, 0.29) is 10.9 Å². The van der Waals surface area contributed by atoms with Crippen molar-refractivity contribution >= 4 is 22.6 Å². The maximum Gasteiger partial charge on any atom is 0.0791 e. The van der Waals surface area contributed by atoms with Gasteiger partial charge in [0.1, 0.15) is 0 Å². The smallest absolute Gasteiger partial charge is 0.0791 e. The summed E-state index contributed by atoms with van der Waals surface area (Å²) in [6.07, 6.45) is 3.03. The molecule has 0 aliphatic carbocycles. The molecule has 16 heavy (non-hydrogen) atoms. The van der Waals surface area contributed by atoms with E-state index in [2.05, 4.69) is 0 Å². The molecule has 2 rings (SSSR count). The molecule has 4 atom stereocenters. The molecule has 0 aromatic carbocycles. The first-order valence-corrected chi connectivity index (χ1v) is 8.41. The van der Waals surface area contributed by atoms with Gasteiger partial charge in [0.2, 0.25) is 0 Å². The minimum Gasteiger partial charge on any atom is -0.374 e. The van der Waals surface area contributed by atoms with Crippen LogP contribution in [0, 0.1) is 0 Å². The lowest BCUT2D eigenvalue weighted by Crippen LogP contribution is -2.45. The lowest BCUT2D eigenvalue weighted by molar-refractivity contribution is -0.0567. The molecule has 0 aromatic rings. The molecule has 0 saturated carbocycles. The molecule has 2 saturated heterocycles. The van der Waals surface area contributed by atoms with Crippen LogP contribution in [0.2, 0.25) is 0 Å². The van der Waals surface area contributed by atoms with Crippen LogP contribution in [0.4, 0.5) is 0 Å². The summed E-state index contributed by atoms with van der Waals surface area (Å²) in [6.45, 7) is 3.28. The summed E-state index contributed by atoms with van der Waals surface area (Å²) < 4.78 is 18.2. The molecule has 5 heteroatoms. The highest BCUT2D eigenvalue weighted by Gasteiger charge is 2.42. The van der Waals surface area contributed by atoms with Gasteiger partial charge in [0.25, 0.3) is 0 Å². The lowest BCUT2D eigenvalue weighted by Gasteiger charge is -2.38. The summed E-state index contributed by atoms with van der Waals surface area (Å²) >= 11 is 1.96. The molecule has 0 radical (unpaired) electrons. The second-order valence-electron chi connectivity index (χ2n) is 4.82. The van der Waals surface area contributed by atoms with Crippen LogP contribution in [-0.4, -0.2) is 45.0 Å². The quantitative estimate of drug-likeness (QED) is 0.829. The average Bonchev–Trinajstić information content (AvgIpc) is 2.75. The molecule has 2 N–H and O–H groups in total. The van der Waals surface area contributed by atoms with E-state index in [9.17, 15) is 4.21 Å². The Morgan fingerprint density at radius 1 is 1.69 bits per heavy atom. The first-order chi connectivity index (χ1) is 7.67. The van der Waals surface area contributed by atoms with E-state index in [1.807, 2.05) is 18.7 Å². The van der Waals surface area contributed by atoms with Gasteiger partial charge in [0, 0.05) is 40.2 Å². The molecule has 2 aliphatic rings. The Morgan fingerprint density at radius 2 is 2.50 bits per heavy atom. The van der Waals surface area contributed by atoms with Crippen molar-refractivity contribution < 1.29 is 8.95 Å². The summed E-state index contributed by atoms with van der Waals surface area (Å²) in [5, 5.41) is 0.417. The maximum atomic E-state index is 12.2. The van der Waals surface area contributed by atoms with Crippen LogP contribution in [0.15, 0.2) is 0 Å². The fraction of sp³-hybridized carbons (Fsp3) is 1.00. The van der Waals surface area contributed by atoms with Gasteiger partial charge in [-0.15, -0.1) is 0 Å². The summed E-state index contributed by atoms with van der Waals surface area (Å²) in [4.78, 5) is 0. The number of rotatable bonds is 3. The largest absolute Gasteiger partial charge is 0.374 e. The van der Waals surface area contributed by atoms with Crippen molar-refractivity contribution in [1.82, 2.24) is 0 Å². The Hall–Kier alpha value is 0.420. The van der Waals surface area contributed by atoms with E-state index >= 15 is 0 Å². The van der Waals surface area contributed by atoms with E-state index in [4.69, 9.17) is 10.5 Å². The van der Waals surface area contributed by atoms with E-state index < -0.39 is 10.8 Å². The van der Waals surface area contributed by atoms with Crippen LogP contribution in [0.25, 0.3) is 0 Å². The van der Waals surface area contributed by atoms with Crippen LogP contribution >= 0.6 is 11.8 Å². The Morgan fingerprint density at radius 3 is 3.12 bits per heavy atom. The van der Waals surface area contributed by atoms with Crippen LogP contribution in [-0.2, 0) is 15.5 Å². The van der Waals surface area contributed by atoms with Crippen molar-refractivity contribution in [3.8, 4) is 0 Å². The summed E-state index contributed by atoms with van der Waals surface area (Å²) in [5.41, 5.74) is 5.64. The predicted molar refractivity (Wildman–Crippen MR) is 70.3 cm³/mol. The fourth-order valence-electron chi connectivity index (χ4n) is 2.47. The minimum atomic E-state index is -0.788. The Bertz CT molecular complexity index is 267. The topological polar surface area (TPSA) is 52.3 Å². The van der Waals surface area contributed by atoms with E-state index in [1.165, 1.54) is 5.75 Å². The van der Waals surface area contributed by atoms with Crippen LogP contribution < -0.4 is 5.73 Å². The number of hydrogen-bond acceptors (Lipinski definition) is 4. The Labute approximate surface area is 104 Å². The average molecular weight is 263 g/mol. The SMILES string of the molecule is CC(CN)S(=O)C1CCOC2(CCSC2)C1. The second-order valence-corrected chi connectivity index (χ2v) is 8.06. The molecule has 2 fully saturated rings. The summed E-state index contributed by atoms with van der Waals surface area (Å²) in [6, 6.07) is 0. The molecule has 0 bridgehead atoms. The van der Waals surface area contributed by atoms with Gasteiger partial charge < -0.3 is 10.5 Å². The first kappa shape index (κ1) is 12.9. The van der Waals surface area contributed by atoms with Crippen molar-refractivity contribution in [3.63, 3.8) is 0 Å². The van der Waals surface area contributed by atoms with Gasteiger partial charge in [-0.2, -0.15) is 11.8 Å². The molecular formula is C11H21NO2S2.